The van der Waals surface area contributed by atoms with Gasteiger partial charge in [0, 0.05) is 24.9 Å². The third-order valence-corrected chi connectivity index (χ3v) is 5.79. The molecule has 12 nitrogen and oxygen atoms in total. The Kier molecular flexibility index (Phi) is 9.14. The maximum absolute atomic E-state index is 13.4. The third-order valence-electron chi connectivity index (χ3n) is 5.79. The van der Waals surface area contributed by atoms with Gasteiger partial charge in [0.25, 0.3) is 0 Å². The van der Waals surface area contributed by atoms with Crippen LogP contribution in [0.2, 0.25) is 0 Å². The summed E-state index contributed by atoms with van der Waals surface area (Å²) >= 11 is 0. The number of aliphatic carboxylic acids is 1. The van der Waals surface area contributed by atoms with Gasteiger partial charge in [0.05, 0.1) is 19.0 Å². The standard InChI is InChI=1S/C20H32N6O6/c1-3-11(2)16(21)18(29)24-13(7-12-8-22-10-23-12)19(30)26-6-4-5-15(26)17(28)25-14(9-27)20(31)32/h8,10-11,13-16,27H,3-7,9,21H2,1-2H3,(H,22,23)(H,24,29)(H,25,28)(H,31,32). The number of carbonyl (C=O) groups excluding carboxylic acids is 3. The van der Waals surface area contributed by atoms with Crippen molar-refractivity contribution < 1.29 is 29.4 Å². The number of hydrogen-bond acceptors (Lipinski definition) is 7. The monoisotopic (exact) mass is 452 g/mol. The number of carbonyl (C=O) groups is 4. The molecule has 3 amide bonds. The summed E-state index contributed by atoms with van der Waals surface area (Å²) in [6.07, 6.45) is 4.68. The second kappa shape index (κ2) is 11.6. The second-order valence-corrected chi connectivity index (χ2v) is 8.03. The molecule has 0 saturated carbocycles. The quantitative estimate of drug-likeness (QED) is 0.230. The van der Waals surface area contributed by atoms with Crippen LogP contribution in [0.4, 0.5) is 0 Å². The Hall–Kier alpha value is -2.99. The largest absolute Gasteiger partial charge is 0.480 e. The summed E-state index contributed by atoms with van der Waals surface area (Å²) < 4.78 is 0. The second-order valence-electron chi connectivity index (χ2n) is 8.03. The fourth-order valence-electron chi connectivity index (χ4n) is 3.55. The number of carboxylic acids is 1. The van der Waals surface area contributed by atoms with Gasteiger partial charge in [0.1, 0.15) is 18.1 Å². The molecule has 32 heavy (non-hydrogen) atoms. The Morgan fingerprint density at radius 2 is 2.03 bits per heavy atom. The van der Waals surface area contributed by atoms with Gasteiger partial charge in [0.2, 0.25) is 17.7 Å². The van der Waals surface area contributed by atoms with Crippen LogP contribution in [0, 0.1) is 5.92 Å². The summed E-state index contributed by atoms with van der Waals surface area (Å²) in [5, 5.41) is 23.2. The van der Waals surface area contributed by atoms with Crippen molar-refractivity contribution in [1.29, 1.82) is 0 Å². The van der Waals surface area contributed by atoms with Gasteiger partial charge in [-0.2, -0.15) is 0 Å². The Morgan fingerprint density at radius 3 is 2.59 bits per heavy atom. The molecule has 1 saturated heterocycles. The lowest BCUT2D eigenvalue weighted by Crippen LogP contribution is -2.58. The minimum absolute atomic E-state index is 0.0883. The first kappa shape index (κ1) is 25.3. The summed E-state index contributed by atoms with van der Waals surface area (Å²) in [6, 6.07) is -4.15. The first-order valence-corrected chi connectivity index (χ1v) is 10.7. The van der Waals surface area contributed by atoms with Crippen LogP contribution in [0.1, 0.15) is 38.8 Å². The molecule has 2 heterocycles. The first-order chi connectivity index (χ1) is 15.2. The predicted molar refractivity (Wildman–Crippen MR) is 113 cm³/mol. The van der Waals surface area contributed by atoms with Crippen molar-refractivity contribution in [2.24, 2.45) is 11.7 Å². The Balaban J connectivity index is 2.18. The van der Waals surface area contributed by atoms with Crippen molar-refractivity contribution in [2.45, 2.75) is 63.7 Å². The van der Waals surface area contributed by atoms with E-state index in [1.165, 1.54) is 17.4 Å². The maximum Gasteiger partial charge on any atom is 0.328 e. The zero-order chi connectivity index (χ0) is 23.8. The molecule has 12 heteroatoms. The van der Waals surface area contributed by atoms with Crippen LogP contribution in [0.15, 0.2) is 12.5 Å². The van der Waals surface area contributed by atoms with E-state index in [0.717, 1.165) is 0 Å². The molecule has 0 aliphatic carbocycles. The molecule has 0 radical (unpaired) electrons. The summed E-state index contributed by atoms with van der Waals surface area (Å²) in [6.45, 7) is 3.26. The van der Waals surface area contributed by atoms with Crippen LogP contribution in [-0.4, -0.2) is 86.1 Å². The molecule has 1 aromatic rings. The van der Waals surface area contributed by atoms with Crippen LogP contribution >= 0.6 is 0 Å². The number of H-pyrrole nitrogens is 1. The minimum Gasteiger partial charge on any atom is -0.480 e. The van der Waals surface area contributed by atoms with E-state index in [9.17, 15) is 19.2 Å². The summed E-state index contributed by atoms with van der Waals surface area (Å²) in [7, 11) is 0. The predicted octanol–water partition coefficient (Wildman–Crippen LogP) is -1.64. The van der Waals surface area contributed by atoms with Crippen molar-refractivity contribution in [3.05, 3.63) is 18.2 Å². The van der Waals surface area contributed by atoms with Crippen LogP contribution in [0.5, 0.6) is 0 Å². The van der Waals surface area contributed by atoms with Gasteiger partial charge in [-0.25, -0.2) is 9.78 Å². The molecule has 0 spiro atoms. The van der Waals surface area contributed by atoms with Gasteiger partial charge in [-0.1, -0.05) is 20.3 Å². The van der Waals surface area contributed by atoms with Gasteiger partial charge in [0.15, 0.2) is 0 Å². The molecule has 0 aromatic carbocycles. The lowest BCUT2D eigenvalue weighted by molar-refractivity contribution is -0.145. The van der Waals surface area contributed by atoms with E-state index in [0.29, 0.717) is 25.0 Å². The van der Waals surface area contributed by atoms with E-state index < -0.39 is 54.5 Å². The van der Waals surface area contributed by atoms with E-state index in [1.54, 1.807) is 0 Å². The van der Waals surface area contributed by atoms with Crippen molar-refractivity contribution in [3.63, 3.8) is 0 Å². The van der Waals surface area contributed by atoms with Gasteiger partial charge in [-0.05, 0) is 18.8 Å². The molecule has 0 bridgehead atoms. The van der Waals surface area contributed by atoms with E-state index in [-0.39, 0.29) is 18.9 Å². The van der Waals surface area contributed by atoms with Gasteiger partial charge < -0.3 is 36.5 Å². The number of rotatable bonds is 11. The number of hydrogen-bond donors (Lipinski definition) is 6. The number of aliphatic hydroxyl groups is 1. The summed E-state index contributed by atoms with van der Waals surface area (Å²) in [5.74, 6) is -3.07. The number of nitrogens with two attached hydrogens (primary N) is 1. The molecule has 1 aromatic heterocycles. The van der Waals surface area contributed by atoms with Gasteiger partial charge in [-0.3, -0.25) is 14.4 Å². The van der Waals surface area contributed by atoms with Crippen molar-refractivity contribution >= 4 is 23.7 Å². The molecule has 1 aliphatic rings. The van der Waals surface area contributed by atoms with Crippen LogP contribution in [-0.2, 0) is 25.6 Å². The van der Waals surface area contributed by atoms with E-state index in [4.69, 9.17) is 15.9 Å². The number of amides is 3. The number of likely N-dealkylation sites (tertiary alicyclic amines) is 1. The van der Waals surface area contributed by atoms with E-state index in [1.807, 2.05) is 13.8 Å². The molecule has 178 valence electrons. The fraction of sp³-hybridized carbons (Fsp3) is 0.650. The van der Waals surface area contributed by atoms with Crippen molar-refractivity contribution in [3.8, 4) is 0 Å². The van der Waals surface area contributed by atoms with Gasteiger partial charge in [-0.15, -0.1) is 0 Å². The fourth-order valence-corrected chi connectivity index (χ4v) is 3.55. The van der Waals surface area contributed by atoms with Crippen molar-refractivity contribution in [2.75, 3.05) is 13.2 Å². The molecule has 2 rings (SSSR count). The topological polar surface area (TPSA) is 191 Å². The Labute approximate surface area is 185 Å². The highest BCUT2D eigenvalue weighted by Crippen LogP contribution is 2.20. The smallest absolute Gasteiger partial charge is 0.328 e. The summed E-state index contributed by atoms with van der Waals surface area (Å²) in [4.78, 5) is 57.9. The molecule has 1 aliphatic heterocycles. The summed E-state index contributed by atoms with van der Waals surface area (Å²) in [5.41, 5.74) is 6.64. The molecule has 7 N–H and O–H groups in total. The molecule has 5 unspecified atom stereocenters. The molecular formula is C20H32N6O6. The zero-order valence-electron chi connectivity index (χ0n) is 18.3. The lowest BCUT2D eigenvalue weighted by Gasteiger charge is -2.30. The normalized spacial score (nSPS) is 19.6. The Morgan fingerprint density at radius 1 is 1.31 bits per heavy atom. The average Bonchev–Trinajstić information content (AvgIpc) is 3.47. The highest BCUT2D eigenvalue weighted by molar-refractivity contribution is 5.94. The number of imidazole rings is 1. The maximum atomic E-state index is 13.4. The van der Waals surface area contributed by atoms with E-state index >= 15 is 0 Å². The van der Waals surface area contributed by atoms with Gasteiger partial charge >= 0.3 is 5.97 Å². The number of aromatic amines is 1. The third kappa shape index (κ3) is 6.26. The highest BCUT2D eigenvalue weighted by Gasteiger charge is 2.39. The van der Waals surface area contributed by atoms with E-state index in [2.05, 4.69) is 20.6 Å². The first-order valence-electron chi connectivity index (χ1n) is 10.7. The van der Waals surface area contributed by atoms with Crippen LogP contribution < -0.4 is 16.4 Å². The number of aromatic nitrogens is 2. The SMILES string of the molecule is CCC(C)C(N)C(=O)NC(Cc1cnc[nH]1)C(=O)N1CCCC1C(=O)NC(CO)C(=O)O. The number of aliphatic hydroxyl groups excluding tert-OH is 1. The number of nitrogens with one attached hydrogen (secondary N) is 3. The number of nitrogens with zero attached hydrogens (tertiary/aromatic N) is 2. The molecular weight excluding hydrogens is 420 g/mol. The average molecular weight is 453 g/mol. The highest BCUT2D eigenvalue weighted by atomic mass is 16.4. The minimum atomic E-state index is -1.46. The molecule has 5 atom stereocenters. The molecule has 1 fully saturated rings. The lowest BCUT2D eigenvalue weighted by atomic mass is 9.98. The number of carboxylic acid groups (broad SMARTS) is 1. The zero-order valence-corrected chi connectivity index (χ0v) is 18.3. The van der Waals surface area contributed by atoms with Crippen molar-refractivity contribution in [1.82, 2.24) is 25.5 Å². The van der Waals surface area contributed by atoms with Crippen LogP contribution in [0.25, 0.3) is 0 Å². The van der Waals surface area contributed by atoms with Crippen LogP contribution in [0.3, 0.4) is 0 Å². The Bertz CT molecular complexity index is 801.